The molecule has 2 aromatic carbocycles. The second-order valence-corrected chi connectivity index (χ2v) is 12.4. The number of nitrogens with zero attached hydrogens (tertiary/aromatic N) is 1. The van der Waals surface area contributed by atoms with E-state index in [0.29, 0.717) is 32.2 Å². The minimum atomic E-state index is -0.647. The van der Waals surface area contributed by atoms with E-state index in [2.05, 4.69) is 18.5 Å². The summed E-state index contributed by atoms with van der Waals surface area (Å²) in [7, 11) is 0. The topological polar surface area (TPSA) is 95.9 Å². The molecule has 1 aliphatic heterocycles. The van der Waals surface area contributed by atoms with E-state index < -0.39 is 11.5 Å². The maximum Gasteiger partial charge on any atom is 0.309 e. The highest BCUT2D eigenvalue weighted by Crippen LogP contribution is 2.32. The Hall–Kier alpha value is -3.71. The van der Waals surface area contributed by atoms with E-state index in [1.165, 1.54) is 0 Å². The molecule has 0 spiro atoms. The molecule has 0 bridgehead atoms. The Morgan fingerprint density at radius 2 is 1.70 bits per heavy atom. The molecule has 236 valence electrons. The Kier molecular flexibility index (Phi) is 12.4. The molecule has 4 rings (SSSR count). The first-order chi connectivity index (χ1) is 21.4. The van der Waals surface area contributed by atoms with Gasteiger partial charge < -0.3 is 20.1 Å². The van der Waals surface area contributed by atoms with Crippen molar-refractivity contribution in [3.05, 3.63) is 96.6 Å². The van der Waals surface area contributed by atoms with Gasteiger partial charge in [0, 0.05) is 13.0 Å². The predicted molar refractivity (Wildman–Crippen MR) is 172 cm³/mol. The number of carbonyl (C=O) groups excluding carboxylic acids is 3. The van der Waals surface area contributed by atoms with Gasteiger partial charge in [0.05, 0.1) is 30.0 Å². The Morgan fingerprint density at radius 1 is 1.00 bits per heavy atom. The maximum absolute atomic E-state index is 13.7. The van der Waals surface area contributed by atoms with Crippen LogP contribution in [0.2, 0.25) is 0 Å². The van der Waals surface area contributed by atoms with Crippen LogP contribution in [0.4, 0.5) is 0 Å². The average Bonchev–Trinajstić information content (AvgIpc) is 3.51. The van der Waals surface area contributed by atoms with Gasteiger partial charge >= 0.3 is 5.97 Å². The number of allylic oxidation sites excluding steroid dienone is 2. The van der Waals surface area contributed by atoms with E-state index in [-0.39, 0.29) is 49.4 Å². The third-order valence-electron chi connectivity index (χ3n) is 9.19. The number of fused-ring (bicyclic) bond motifs is 1. The van der Waals surface area contributed by atoms with Crippen molar-refractivity contribution in [1.82, 2.24) is 10.2 Å². The summed E-state index contributed by atoms with van der Waals surface area (Å²) in [4.78, 5) is 42.4. The van der Waals surface area contributed by atoms with Gasteiger partial charge in [-0.1, -0.05) is 79.6 Å². The molecule has 3 atom stereocenters. The standard InChI is InChI=1S/C37H48N2O5/c1-3-5-7-18-31(22-28-15-8-6-9-16-28)36(43)44-27-37(20-12-13-21-37)38-35(42)30(14-4-2)24-34(41)39-25-32-19-11-10-17-29(32)23-33(39)26-40/h3-4,6,8-11,15-17,19,30-31,33,40H,1-2,5,7,12-14,18,20-27H2,(H,38,42)/t30-,31+,33-/m0/s1. The molecule has 2 aromatic rings. The number of hydrogen-bond donors (Lipinski definition) is 2. The molecule has 2 aliphatic rings. The van der Waals surface area contributed by atoms with E-state index >= 15 is 0 Å². The van der Waals surface area contributed by atoms with Crippen molar-refractivity contribution < 1.29 is 24.2 Å². The smallest absolute Gasteiger partial charge is 0.309 e. The van der Waals surface area contributed by atoms with Gasteiger partial charge in [0.2, 0.25) is 11.8 Å². The fourth-order valence-electron chi connectivity index (χ4n) is 6.61. The van der Waals surface area contributed by atoms with Crippen LogP contribution in [-0.2, 0) is 38.5 Å². The highest BCUT2D eigenvalue weighted by Gasteiger charge is 2.40. The quantitative estimate of drug-likeness (QED) is 0.146. The molecule has 1 saturated carbocycles. The Bertz CT molecular complexity index is 1270. The van der Waals surface area contributed by atoms with Crippen LogP contribution in [0, 0.1) is 11.8 Å². The van der Waals surface area contributed by atoms with Gasteiger partial charge in [-0.3, -0.25) is 14.4 Å². The number of ether oxygens (including phenoxy) is 1. The first-order valence-corrected chi connectivity index (χ1v) is 16.1. The summed E-state index contributed by atoms with van der Waals surface area (Å²) in [5, 5.41) is 13.3. The number of amides is 2. The number of nitrogens with one attached hydrogen (secondary N) is 1. The summed E-state index contributed by atoms with van der Waals surface area (Å²) in [6.45, 7) is 8.04. The summed E-state index contributed by atoms with van der Waals surface area (Å²) in [5.74, 6) is -1.49. The molecule has 1 heterocycles. The number of esters is 1. The summed E-state index contributed by atoms with van der Waals surface area (Å²) in [6.07, 6.45) is 10.8. The van der Waals surface area contributed by atoms with Crippen LogP contribution in [-0.4, -0.2) is 52.6 Å². The van der Waals surface area contributed by atoms with Gasteiger partial charge in [0.1, 0.15) is 6.61 Å². The van der Waals surface area contributed by atoms with Crippen LogP contribution in [0.15, 0.2) is 79.9 Å². The Labute approximate surface area is 262 Å². The summed E-state index contributed by atoms with van der Waals surface area (Å²) < 4.78 is 5.97. The van der Waals surface area contributed by atoms with Crippen molar-refractivity contribution in [2.75, 3.05) is 13.2 Å². The van der Waals surface area contributed by atoms with Gasteiger partial charge in [0.15, 0.2) is 0 Å². The van der Waals surface area contributed by atoms with E-state index in [4.69, 9.17) is 4.74 Å². The molecular formula is C37H48N2O5. The molecule has 0 radical (unpaired) electrons. The maximum atomic E-state index is 13.7. The predicted octanol–water partition coefficient (Wildman–Crippen LogP) is 5.70. The largest absolute Gasteiger partial charge is 0.463 e. The summed E-state index contributed by atoms with van der Waals surface area (Å²) in [6, 6.07) is 17.6. The van der Waals surface area contributed by atoms with Gasteiger partial charge in [-0.25, -0.2) is 0 Å². The van der Waals surface area contributed by atoms with Crippen molar-refractivity contribution in [2.24, 2.45) is 11.8 Å². The summed E-state index contributed by atoms with van der Waals surface area (Å²) in [5.41, 5.74) is 2.65. The Balaban J connectivity index is 1.40. The fraction of sp³-hybridized carbons (Fsp3) is 0.486. The van der Waals surface area contributed by atoms with E-state index in [0.717, 1.165) is 55.2 Å². The molecule has 0 aromatic heterocycles. The minimum absolute atomic E-state index is 0.0227. The van der Waals surface area contributed by atoms with Crippen LogP contribution in [0.25, 0.3) is 0 Å². The van der Waals surface area contributed by atoms with Crippen LogP contribution in [0.3, 0.4) is 0 Å². The van der Waals surface area contributed by atoms with Crippen LogP contribution < -0.4 is 5.32 Å². The monoisotopic (exact) mass is 600 g/mol. The SMILES string of the molecule is C=CCCC[C@H](Cc1ccccc1)C(=O)OCC1(NC(=O)[C@@H](CC=C)CC(=O)N2Cc3ccccc3C[C@H]2CO)CCCC1. The zero-order chi connectivity index (χ0) is 31.4. The molecule has 7 nitrogen and oxygen atoms in total. The number of benzene rings is 2. The van der Waals surface area contributed by atoms with Crippen LogP contribution in [0.5, 0.6) is 0 Å². The third-order valence-corrected chi connectivity index (χ3v) is 9.19. The number of unbranched alkanes of at least 4 members (excludes halogenated alkanes) is 1. The zero-order valence-electron chi connectivity index (χ0n) is 25.9. The Morgan fingerprint density at radius 3 is 2.39 bits per heavy atom. The van der Waals surface area contributed by atoms with Gasteiger partial charge in [0.25, 0.3) is 0 Å². The fourth-order valence-corrected chi connectivity index (χ4v) is 6.61. The van der Waals surface area contributed by atoms with Crippen molar-refractivity contribution in [3.8, 4) is 0 Å². The number of hydrogen-bond acceptors (Lipinski definition) is 5. The molecule has 0 unspecified atom stereocenters. The van der Waals surface area contributed by atoms with E-state index in [1.54, 1.807) is 11.0 Å². The average molecular weight is 601 g/mol. The van der Waals surface area contributed by atoms with Crippen molar-refractivity contribution >= 4 is 17.8 Å². The number of aliphatic hydroxyl groups excluding tert-OH is 1. The van der Waals surface area contributed by atoms with Gasteiger partial charge in [-0.2, -0.15) is 0 Å². The highest BCUT2D eigenvalue weighted by atomic mass is 16.5. The molecule has 1 aliphatic carbocycles. The van der Waals surface area contributed by atoms with Crippen molar-refractivity contribution in [2.45, 2.75) is 88.8 Å². The first kappa shape index (κ1) is 33.2. The molecule has 1 fully saturated rings. The molecule has 7 heteroatoms. The van der Waals surface area contributed by atoms with Crippen LogP contribution >= 0.6 is 0 Å². The second-order valence-electron chi connectivity index (χ2n) is 12.4. The molecule has 2 N–H and O–H groups in total. The number of aliphatic hydroxyl groups is 1. The van der Waals surface area contributed by atoms with Crippen LogP contribution in [0.1, 0.15) is 74.5 Å². The van der Waals surface area contributed by atoms with Crippen molar-refractivity contribution in [1.29, 1.82) is 0 Å². The number of rotatable bonds is 16. The lowest BCUT2D eigenvalue weighted by atomic mass is 9.91. The van der Waals surface area contributed by atoms with Gasteiger partial charge in [-0.05, 0) is 68.1 Å². The lowest BCUT2D eigenvalue weighted by Crippen LogP contribution is -2.53. The lowest BCUT2D eigenvalue weighted by molar-refractivity contribution is -0.152. The number of carbonyl (C=O) groups is 3. The van der Waals surface area contributed by atoms with Crippen molar-refractivity contribution in [3.63, 3.8) is 0 Å². The molecule has 0 saturated heterocycles. The first-order valence-electron chi connectivity index (χ1n) is 16.1. The third kappa shape index (κ3) is 8.91. The normalized spacial score (nSPS) is 18.5. The van der Waals surface area contributed by atoms with Gasteiger partial charge in [-0.15, -0.1) is 13.2 Å². The second kappa shape index (κ2) is 16.4. The molecule has 44 heavy (non-hydrogen) atoms. The molecule has 2 amide bonds. The molecular weight excluding hydrogens is 552 g/mol. The highest BCUT2D eigenvalue weighted by molar-refractivity contribution is 5.86. The van der Waals surface area contributed by atoms with E-state index in [1.807, 2.05) is 60.7 Å². The summed E-state index contributed by atoms with van der Waals surface area (Å²) >= 11 is 0. The zero-order valence-corrected chi connectivity index (χ0v) is 25.9. The minimum Gasteiger partial charge on any atom is -0.463 e. The lowest BCUT2D eigenvalue weighted by Gasteiger charge is -2.37. The van der Waals surface area contributed by atoms with E-state index in [9.17, 15) is 19.5 Å².